The van der Waals surface area contributed by atoms with E-state index in [9.17, 15) is 0 Å². The van der Waals surface area contributed by atoms with Gasteiger partial charge in [-0.05, 0) is 13.0 Å². The molecule has 0 bridgehead atoms. The van der Waals surface area contributed by atoms with Gasteiger partial charge < -0.3 is 11.1 Å². The second kappa shape index (κ2) is 4.90. The lowest BCUT2D eigenvalue weighted by Gasteiger charge is -2.22. The molecule has 0 fully saturated rings. The molecule has 0 unspecified atom stereocenters. The molecular weight excluding hydrogens is 208 g/mol. The summed E-state index contributed by atoms with van der Waals surface area (Å²) in [6, 6.07) is 0.528. The van der Waals surface area contributed by atoms with E-state index in [-0.39, 0.29) is 5.41 Å². The average Bonchev–Trinajstić information content (AvgIpc) is 2.51. The highest BCUT2D eigenvalue weighted by Crippen LogP contribution is 2.29. The third kappa shape index (κ3) is 3.76. The molecule has 0 radical (unpaired) electrons. The number of hydrogen-bond acceptors (Lipinski definition) is 5. The van der Waals surface area contributed by atoms with Gasteiger partial charge in [0.25, 0.3) is 0 Å². The number of nitrogens with zero attached hydrogens (tertiary/aromatic N) is 2. The number of nitrogens with two attached hydrogens (primary N) is 1. The van der Waals surface area contributed by atoms with Gasteiger partial charge in [-0.25, -0.2) is 0 Å². The predicted octanol–water partition coefficient (Wildman–Crippen LogP) is 1.79. The molecule has 1 aromatic rings. The Balaban J connectivity index is 2.51. The Morgan fingerprint density at radius 1 is 1.40 bits per heavy atom. The zero-order valence-electron chi connectivity index (χ0n) is 9.87. The number of hydrogen-bond donors (Lipinski definition) is 2. The summed E-state index contributed by atoms with van der Waals surface area (Å²) in [4.78, 5) is 0. The Labute approximate surface area is 95.3 Å². The number of nitrogen functional groups attached to an aromatic ring is 1. The van der Waals surface area contributed by atoms with Gasteiger partial charge in [-0.15, -0.1) is 10.2 Å². The fraction of sp³-hybridized carbons (Fsp3) is 0.800. The van der Waals surface area contributed by atoms with E-state index >= 15 is 0 Å². The van der Waals surface area contributed by atoms with Crippen LogP contribution < -0.4 is 11.1 Å². The van der Waals surface area contributed by atoms with E-state index in [0.717, 1.165) is 18.0 Å². The average molecular weight is 228 g/mol. The van der Waals surface area contributed by atoms with Crippen LogP contribution in [0.25, 0.3) is 0 Å². The van der Waals surface area contributed by atoms with Gasteiger partial charge in [0.05, 0.1) is 0 Å². The third-order valence-electron chi connectivity index (χ3n) is 2.32. The first-order chi connectivity index (χ1) is 6.92. The van der Waals surface area contributed by atoms with Crippen molar-refractivity contribution < 1.29 is 0 Å². The molecule has 3 N–H and O–H groups in total. The van der Waals surface area contributed by atoms with Gasteiger partial charge in [0, 0.05) is 11.5 Å². The fourth-order valence-electron chi connectivity index (χ4n) is 1.29. The third-order valence-corrected chi connectivity index (χ3v) is 3.44. The number of aromatic nitrogens is 2. The molecule has 0 aliphatic carbocycles. The van der Waals surface area contributed by atoms with E-state index in [0.29, 0.717) is 11.2 Å². The molecule has 5 heteroatoms. The zero-order valence-corrected chi connectivity index (χ0v) is 10.7. The monoisotopic (exact) mass is 228 g/mol. The first-order valence-electron chi connectivity index (χ1n) is 5.24. The van der Waals surface area contributed by atoms with Crippen LogP contribution in [-0.2, 0) is 5.41 Å². The smallest absolute Gasteiger partial charge is 0.203 e. The summed E-state index contributed by atoms with van der Waals surface area (Å²) in [7, 11) is 0. The van der Waals surface area contributed by atoms with Crippen molar-refractivity contribution in [1.29, 1.82) is 0 Å². The molecule has 0 amide bonds. The highest BCUT2D eigenvalue weighted by molar-refractivity contribution is 7.15. The van der Waals surface area contributed by atoms with Crippen LogP contribution in [-0.4, -0.2) is 22.8 Å². The first-order valence-corrected chi connectivity index (χ1v) is 6.06. The SMILES string of the molecule is CC(C)NCCC(C)(C)c1nnc(N)s1. The highest BCUT2D eigenvalue weighted by atomic mass is 32.1. The lowest BCUT2D eigenvalue weighted by atomic mass is 9.90. The quantitative estimate of drug-likeness (QED) is 0.806. The van der Waals surface area contributed by atoms with Crippen molar-refractivity contribution in [2.75, 3.05) is 12.3 Å². The van der Waals surface area contributed by atoms with Gasteiger partial charge >= 0.3 is 0 Å². The van der Waals surface area contributed by atoms with Gasteiger partial charge in [-0.3, -0.25) is 0 Å². The van der Waals surface area contributed by atoms with Crippen LogP contribution in [0.4, 0.5) is 5.13 Å². The highest BCUT2D eigenvalue weighted by Gasteiger charge is 2.24. The van der Waals surface area contributed by atoms with E-state index in [4.69, 9.17) is 5.73 Å². The minimum Gasteiger partial charge on any atom is -0.374 e. The predicted molar refractivity (Wildman–Crippen MR) is 65.1 cm³/mol. The molecule has 0 spiro atoms. The van der Waals surface area contributed by atoms with Crippen molar-refractivity contribution in [3.05, 3.63) is 5.01 Å². The second-order valence-corrected chi connectivity index (χ2v) is 5.70. The number of nitrogens with one attached hydrogen (secondary N) is 1. The molecule has 1 aromatic heterocycles. The Kier molecular flexibility index (Phi) is 4.04. The molecule has 0 aliphatic heterocycles. The Morgan fingerprint density at radius 3 is 2.53 bits per heavy atom. The fourth-order valence-corrected chi connectivity index (χ4v) is 2.03. The molecule has 86 valence electrons. The summed E-state index contributed by atoms with van der Waals surface area (Å²) in [5.74, 6) is 0. The van der Waals surface area contributed by atoms with Crippen LogP contribution in [0.2, 0.25) is 0 Å². The number of rotatable bonds is 5. The normalized spacial score (nSPS) is 12.3. The molecule has 1 rings (SSSR count). The standard InChI is InChI=1S/C10H20N4S/c1-7(2)12-6-5-10(3,4)8-13-14-9(11)15-8/h7,12H,5-6H2,1-4H3,(H2,11,14). The summed E-state index contributed by atoms with van der Waals surface area (Å²) in [5.41, 5.74) is 5.63. The van der Waals surface area contributed by atoms with Crippen LogP contribution in [0.15, 0.2) is 0 Å². The molecule has 1 heterocycles. The van der Waals surface area contributed by atoms with Crippen molar-refractivity contribution in [2.24, 2.45) is 0 Å². The van der Waals surface area contributed by atoms with Crippen LogP contribution in [0.3, 0.4) is 0 Å². The Bertz CT molecular complexity index is 306. The maximum absolute atomic E-state index is 5.58. The van der Waals surface area contributed by atoms with Crippen molar-refractivity contribution in [1.82, 2.24) is 15.5 Å². The molecule has 15 heavy (non-hydrogen) atoms. The van der Waals surface area contributed by atoms with Crippen molar-refractivity contribution in [3.63, 3.8) is 0 Å². The van der Waals surface area contributed by atoms with Gasteiger partial charge in [0.2, 0.25) is 5.13 Å². The maximum Gasteiger partial charge on any atom is 0.203 e. The van der Waals surface area contributed by atoms with E-state index in [1.807, 2.05) is 0 Å². The molecule has 4 nitrogen and oxygen atoms in total. The van der Waals surface area contributed by atoms with Gasteiger partial charge in [-0.1, -0.05) is 39.0 Å². The molecular formula is C10H20N4S. The second-order valence-electron chi connectivity index (χ2n) is 4.69. The van der Waals surface area contributed by atoms with E-state index in [2.05, 4.69) is 43.2 Å². The van der Waals surface area contributed by atoms with Crippen molar-refractivity contribution >= 4 is 16.5 Å². The minimum absolute atomic E-state index is 0.0528. The maximum atomic E-state index is 5.58. The van der Waals surface area contributed by atoms with Gasteiger partial charge in [0.1, 0.15) is 5.01 Å². The Morgan fingerprint density at radius 2 is 2.07 bits per heavy atom. The van der Waals surface area contributed by atoms with E-state index < -0.39 is 0 Å². The summed E-state index contributed by atoms with van der Waals surface area (Å²) in [5, 5.41) is 12.9. The summed E-state index contributed by atoms with van der Waals surface area (Å²) in [6.45, 7) is 9.64. The van der Waals surface area contributed by atoms with E-state index in [1.165, 1.54) is 11.3 Å². The van der Waals surface area contributed by atoms with Crippen LogP contribution in [0.1, 0.15) is 39.1 Å². The van der Waals surface area contributed by atoms with Crippen molar-refractivity contribution in [2.45, 2.75) is 45.6 Å². The summed E-state index contributed by atoms with van der Waals surface area (Å²) < 4.78 is 0. The molecule has 0 aliphatic rings. The van der Waals surface area contributed by atoms with Gasteiger partial charge in [-0.2, -0.15) is 0 Å². The molecule has 0 saturated carbocycles. The topological polar surface area (TPSA) is 63.8 Å². The first kappa shape index (κ1) is 12.4. The summed E-state index contributed by atoms with van der Waals surface area (Å²) in [6.07, 6.45) is 1.04. The lowest BCUT2D eigenvalue weighted by Crippen LogP contribution is -2.29. The molecule has 0 aromatic carbocycles. The largest absolute Gasteiger partial charge is 0.374 e. The van der Waals surface area contributed by atoms with Crippen LogP contribution in [0, 0.1) is 0 Å². The Hall–Kier alpha value is -0.680. The summed E-state index contributed by atoms with van der Waals surface area (Å²) >= 11 is 1.48. The van der Waals surface area contributed by atoms with Gasteiger partial charge in [0.15, 0.2) is 0 Å². The van der Waals surface area contributed by atoms with Crippen molar-refractivity contribution in [3.8, 4) is 0 Å². The van der Waals surface area contributed by atoms with E-state index in [1.54, 1.807) is 0 Å². The van der Waals surface area contributed by atoms with Crippen LogP contribution in [0.5, 0.6) is 0 Å². The lowest BCUT2D eigenvalue weighted by molar-refractivity contribution is 0.437. The zero-order chi connectivity index (χ0) is 11.5. The minimum atomic E-state index is 0.0528. The number of anilines is 1. The van der Waals surface area contributed by atoms with Crippen LogP contribution >= 0.6 is 11.3 Å². The molecule has 0 atom stereocenters. The molecule has 0 saturated heterocycles.